The zero-order chi connectivity index (χ0) is 18.5. The third-order valence-electron chi connectivity index (χ3n) is 4.97. The number of halogens is 1. The SMILES string of the molecule is CCCCn1ccnc1[C@H]1CCCN(C(=O)c2ccc(F)c(OC)c2)C1. The van der Waals surface area contributed by atoms with Gasteiger partial charge in [0, 0.05) is 43.5 Å². The molecule has 1 atom stereocenters. The van der Waals surface area contributed by atoms with Crippen LogP contribution in [-0.4, -0.2) is 40.6 Å². The summed E-state index contributed by atoms with van der Waals surface area (Å²) >= 11 is 0. The summed E-state index contributed by atoms with van der Waals surface area (Å²) in [6, 6.07) is 4.28. The highest BCUT2D eigenvalue weighted by Gasteiger charge is 2.28. The van der Waals surface area contributed by atoms with Crippen LogP contribution in [0.25, 0.3) is 0 Å². The highest BCUT2D eigenvalue weighted by Crippen LogP contribution is 2.28. The molecule has 6 heteroatoms. The molecule has 1 aliphatic heterocycles. The van der Waals surface area contributed by atoms with Crippen LogP contribution in [0.2, 0.25) is 0 Å². The third kappa shape index (κ3) is 3.89. The lowest BCUT2D eigenvalue weighted by atomic mass is 9.96. The number of hydrogen-bond donors (Lipinski definition) is 0. The number of unbranched alkanes of at least 4 members (excludes halogenated alkanes) is 1. The van der Waals surface area contributed by atoms with Crippen LogP contribution in [0, 0.1) is 5.82 Å². The fourth-order valence-corrected chi connectivity index (χ4v) is 3.55. The fourth-order valence-electron chi connectivity index (χ4n) is 3.55. The molecule has 1 fully saturated rings. The van der Waals surface area contributed by atoms with Crippen molar-refractivity contribution < 1.29 is 13.9 Å². The molecule has 1 saturated heterocycles. The minimum absolute atomic E-state index is 0.0836. The number of hydrogen-bond acceptors (Lipinski definition) is 3. The Morgan fingerprint density at radius 3 is 3.04 bits per heavy atom. The van der Waals surface area contributed by atoms with Crippen LogP contribution in [0.5, 0.6) is 5.75 Å². The van der Waals surface area contributed by atoms with Gasteiger partial charge in [0.2, 0.25) is 0 Å². The van der Waals surface area contributed by atoms with Gasteiger partial charge in [0.1, 0.15) is 5.82 Å². The third-order valence-corrected chi connectivity index (χ3v) is 4.97. The van der Waals surface area contributed by atoms with E-state index in [1.807, 2.05) is 17.3 Å². The molecule has 0 bridgehead atoms. The van der Waals surface area contributed by atoms with Gasteiger partial charge in [0.25, 0.3) is 5.91 Å². The lowest BCUT2D eigenvalue weighted by molar-refractivity contribution is 0.0702. The van der Waals surface area contributed by atoms with E-state index in [9.17, 15) is 9.18 Å². The standard InChI is InChI=1S/C20H26FN3O2/c1-3-4-10-23-12-9-22-19(23)16-6-5-11-24(14-16)20(25)15-7-8-17(21)18(13-15)26-2/h7-9,12-13,16H,3-6,10-11,14H2,1-2H3/t16-/m0/s1. The van der Waals surface area contributed by atoms with E-state index >= 15 is 0 Å². The van der Waals surface area contributed by atoms with Crippen molar-refractivity contribution in [3.8, 4) is 5.75 Å². The summed E-state index contributed by atoms with van der Waals surface area (Å²) in [6.07, 6.45) is 8.09. The van der Waals surface area contributed by atoms with Gasteiger partial charge in [-0.3, -0.25) is 4.79 Å². The number of imidazole rings is 1. The second-order valence-electron chi connectivity index (χ2n) is 6.77. The highest BCUT2D eigenvalue weighted by molar-refractivity contribution is 5.94. The Morgan fingerprint density at radius 2 is 2.27 bits per heavy atom. The first-order valence-electron chi connectivity index (χ1n) is 9.28. The Morgan fingerprint density at radius 1 is 1.42 bits per heavy atom. The molecular weight excluding hydrogens is 333 g/mol. The molecule has 1 aliphatic rings. The van der Waals surface area contributed by atoms with Crippen molar-refractivity contribution in [1.82, 2.24) is 14.5 Å². The van der Waals surface area contributed by atoms with Gasteiger partial charge < -0.3 is 14.2 Å². The van der Waals surface area contributed by atoms with Crippen LogP contribution in [0.3, 0.4) is 0 Å². The molecular formula is C20H26FN3O2. The van der Waals surface area contributed by atoms with Crippen LogP contribution in [0.15, 0.2) is 30.6 Å². The van der Waals surface area contributed by atoms with Crippen molar-refractivity contribution in [3.63, 3.8) is 0 Å². The summed E-state index contributed by atoms with van der Waals surface area (Å²) in [4.78, 5) is 19.3. The predicted molar refractivity (Wildman–Crippen MR) is 98.0 cm³/mol. The molecule has 0 radical (unpaired) electrons. The number of amides is 1. The van der Waals surface area contributed by atoms with Crippen molar-refractivity contribution in [2.45, 2.75) is 45.1 Å². The molecule has 0 saturated carbocycles. The van der Waals surface area contributed by atoms with Crippen LogP contribution in [0.4, 0.5) is 4.39 Å². The molecule has 0 spiro atoms. The molecule has 140 valence electrons. The second-order valence-corrected chi connectivity index (χ2v) is 6.77. The number of carbonyl (C=O) groups excluding carboxylic acids is 1. The maximum absolute atomic E-state index is 13.6. The Bertz CT molecular complexity index is 759. The summed E-state index contributed by atoms with van der Waals surface area (Å²) in [5.41, 5.74) is 0.457. The summed E-state index contributed by atoms with van der Waals surface area (Å²) in [6.45, 7) is 4.49. The lowest BCUT2D eigenvalue weighted by Gasteiger charge is -2.33. The fraction of sp³-hybridized carbons (Fsp3) is 0.500. The number of aryl methyl sites for hydroxylation is 1. The zero-order valence-corrected chi connectivity index (χ0v) is 15.4. The Labute approximate surface area is 153 Å². The van der Waals surface area contributed by atoms with Gasteiger partial charge in [-0.1, -0.05) is 13.3 Å². The maximum atomic E-state index is 13.6. The molecule has 26 heavy (non-hydrogen) atoms. The molecule has 2 aromatic rings. The number of ether oxygens (including phenoxy) is 1. The highest BCUT2D eigenvalue weighted by atomic mass is 19.1. The normalized spacial score (nSPS) is 17.3. The lowest BCUT2D eigenvalue weighted by Crippen LogP contribution is -2.39. The summed E-state index contributed by atoms with van der Waals surface area (Å²) < 4.78 is 20.8. The Hall–Kier alpha value is -2.37. The molecule has 5 nitrogen and oxygen atoms in total. The Balaban J connectivity index is 1.74. The minimum Gasteiger partial charge on any atom is -0.494 e. The van der Waals surface area contributed by atoms with E-state index < -0.39 is 5.82 Å². The zero-order valence-electron chi connectivity index (χ0n) is 15.4. The van der Waals surface area contributed by atoms with Crippen molar-refractivity contribution >= 4 is 5.91 Å². The average Bonchev–Trinajstić information content (AvgIpc) is 3.15. The number of piperidine rings is 1. The van der Waals surface area contributed by atoms with Crippen molar-refractivity contribution in [2.24, 2.45) is 0 Å². The van der Waals surface area contributed by atoms with E-state index in [4.69, 9.17) is 4.74 Å². The summed E-state index contributed by atoms with van der Waals surface area (Å²) in [5, 5.41) is 0. The van der Waals surface area contributed by atoms with E-state index in [0.717, 1.165) is 38.1 Å². The molecule has 1 aromatic heterocycles. The summed E-state index contributed by atoms with van der Waals surface area (Å²) in [5.74, 6) is 0.854. The van der Waals surface area contributed by atoms with Gasteiger partial charge in [0.05, 0.1) is 7.11 Å². The van der Waals surface area contributed by atoms with E-state index in [-0.39, 0.29) is 17.6 Å². The van der Waals surface area contributed by atoms with Crippen LogP contribution in [0.1, 0.15) is 54.7 Å². The molecule has 1 aromatic carbocycles. The van der Waals surface area contributed by atoms with Crippen molar-refractivity contribution in [2.75, 3.05) is 20.2 Å². The maximum Gasteiger partial charge on any atom is 0.254 e. The second kappa shape index (κ2) is 8.34. The number of likely N-dealkylation sites (tertiary alicyclic amines) is 1. The quantitative estimate of drug-likeness (QED) is 0.787. The molecule has 2 heterocycles. The molecule has 0 N–H and O–H groups in total. The van der Waals surface area contributed by atoms with Crippen molar-refractivity contribution in [1.29, 1.82) is 0 Å². The first-order chi connectivity index (χ1) is 12.6. The predicted octanol–water partition coefficient (Wildman–Crippen LogP) is 3.85. The molecule has 0 aliphatic carbocycles. The topological polar surface area (TPSA) is 47.4 Å². The van der Waals surface area contributed by atoms with Crippen molar-refractivity contribution in [3.05, 3.63) is 47.8 Å². The summed E-state index contributed by atoms with van der Waals surface area (Å²) in [7, 11) is 1.40. The molecule has 0 unspecified atom stereocenters. The van der Waals surface area contributed by atoms with Gasteiger partial charge in [-0.25, -0.2) is 9.37 Å². The first kappa shape index (κ1) is 18.4. The number of carbonyl (C=O) groups is 1. The van der Waals surface area contributed by atoms with Gasteiger partial charge >= 0.3 is 0 Å². The van der Waals surface area contributed by atoms with Gasteiger partial charge in [-0.15, -0.1) is 0 Å². The van der Waals surface area contributed by atoms with Crippen LogP contribution < -0.4 is 4.74 Å². The number of benzene rings is 1. The van der Waals surface area contributed by atoms with E-state index in [1.54, 1.807) is 0 Å². The minimum atomic E-state index is -0.460. The van der Waals surface area contributed by atoms with E-state index in [2.05, 4.69) is 16.5 Å². The van der Waals surface area contributed by atoms with Crippen LogP contribution in [-0.2, 0) is 6.54 Å². The van der Waals surface area contributed by atoms with E-state index in [0.29, 0.717) is 18.7 Å². The largest absolute Gasteiger partial charge is 0.494 e. The molecule has 3 rings (SSSR count). The smallest absolute Gasteiger partial charge is 0.254 e. The van der Waals surface area contributed by atoms with Gasteiger partial charge in [-0.2, -0.15) is 0 Å². The monoisotopic (exact) mass is 359 g/mol. The number of aromatic nitrogens is 2. The Kier molecular flexibility index (Phi) is 5.91. The number of nitrogens with zero attached hydrogens (tertiary/aromatic N) is 3. The number of methoxy groups -OCH3 is 1. The van der Waals surface area contributed by atoms with Crippen LogP contribution >= 0.6 is 0 Å². The number of rotatable bonds is 6. The van der Waals surface area contributed by atoms with E-state index in [1.165, 1.54) is 25.3 Å². The van der Waals surface area contributed by atoms with Gasteiger partial charge in [0.15, 0.2) is 11.6 Å². The average molecular weight is 359 g/mol. The molecule has 1 amide bonds. The first-order valence-corrected chi connectivity index (χ1v) is 9.28. The van der Waals surface area contributed by atoms with Gasteiger partial charge in [-0.05, 0) is 37.5 Å².